The van der Waals surface area contributed by atoms with Gasteiger partial charge in [0, 0.05) is 11.6 Å². The Balaban J connectivity index is 1.73. The van der Waals surface area contributed by atoms with Crippen LogP contribution in [0.25, 0.3) is 0 Å². The molecule has 1 unspecified atom stereocenters. The van der Waals surface area contributed by atoms with Crippen molar-refractivity contribution in [2.75, 3.05) is 13.1 Å². The zero-order valence-electron chi connectivity index (χ0n) is 12.3. The van der Waals surface area contributed by atoms with Crippen molar-refractivity contribution in [2.45, 2.75) is 18.9 Å². The number of amides is 2. The van der Waals surface area contributed by atoms with E-state index in [9.17, 15) is 9.90 Å². The molecule has 1 aromatic heterocycles. The number of aliphatic hydroxyl groups is 1. The molecule has 0 bridgehead atoms. The highest BCUT2D eigenvalue weighted by Gasteiger charge is 2.26. The van der Waals surface area contributed by atoms with E-state index in [-0.39, 0.29) is 12.6 Å². The second-order valence-corrected chi connectivity index (χ2v) is 5.61. The third kappa shape index (κ3) is 4.51. The van der Waals surface area contributed by atoms with E-state index in [0.29, 0.717) is 23.7 Å². The maximum atomic E-state index is 11.7. The third-order valence-electron chi connectivity index (χ3n) is 3.28. The van der Waals surface area contributed by atoms with Gasteiger partial charge in [0.05, 0.1) is 12.8 Å². The van der Waals surface area contributed by atoms with E-state index in [1.165, 1.54) is 6.26 Å². The monoisotopic (exact) mass is 322 g/mol. The van der Waals surface area contributed by atoms with Crippen LogP contribution in [-0.4, -0.2) is 24.2 Å². The molecule has 0 aliphatic carbocycles. The standard InChI is InChI=1S/C16H19ClN2O3/c1-16(21,14-7-4-10-22-14)11-19-15(20)18-9-8-12-5-2-3-6-13(12)17/h2-7,10,21H,8-9,11H2,1H3,(H2,18,19,20). The van der Waals surface area contributed by atoms with Crippen LogP contribution in [0.15, 0.2) is 47.1 Å². The van der Waals surface area contributed by atoms with Crippen LogP contribution in [0.5, 0.6) is 0 Å². The number of hydrogen-bond donors (Lipinski definition) is 3. The van der Waals surface area contributed by atoms with Gasteiger partial charge in [-0.05, 0) is 37.1 Å². The van der Waals surface area contributed by atoms with E-state index >= 15 is 0 Å². The van der Waals surface area contributed by atoms with Crippen molar-refractivity contribution in [1.82, 2.24) is 10.6 Å². The predicted octanol–water partition coefficient (Wildman–Crippen LogP) is 2.68. The van der Waals surface area contributed by atoms with Gasteiger partial charge in [0.25, 0.3) is 0 Å². The molecule has 0 aliphatic heterocycles. The summed E-state index contributed by atoms with van der Waals surface area (Å²) in [5.41, 5.74) is -0.268. The quantitative estimate of drug-likeness (QED) is 0.765. The first-order chi connectivity index (χ1) is 10.5. The molecular formula is C16H19ClN2O3. The summed E-state index contributed by atoms with van der Waals surface area (Å²) in [7, 11) is 0. The molecule has 0 aliphatic rings. The molecule has 0 radical (unpaired) electrons. The van der Waals surface area contributed by atoms with Crippen LogP contribution in [0, 0.1) is 0 Å². The highest BCUT2D eigenvalue weighted by atomic mass is 35.5. The van der Waals surface area contributed by atoms with Gasteiger partial charge in [-0.15, -0.1) is 0 Å². The highest BCUT2D eigenvalue weighted by Crippen LogP contribution is 2.19. The zero-order valence-corrected chi connectivity index (χ0v) is 13.1. The van der Waals surface area contributed by atoms with E-state index in [1.807, 2.05) is 24.3 Å². The molecule has 1 aromatic carbocycles. The summed E-state index contributed by atoms with van der Waals surface area (Å²) in [5, 5.41) is 16.2. The Hall–Kier alpha value is -1.98. The van der Waals surface area contributed by atoms with Crippen LogP contribution in [0.3, 0.4) is 0 Å². The number of nitrogens with one attached hydrogen (secondary N) is 2. The normalized spacial score (nSPS) is 13.4. The van der Waals surface area contributed by atoms with Crippen LogP contribution < -0.4 is 10.6 Å². The smallest absolute Gasteiger partial charge is 0.314 e. The van der Waals surface area contributed by atoms with E-state index in [1.54, 1.807) is 19.1 Å². The molecule has 3 N–H and O–H groups in total. The Labute approximate surface area is 134 Å². The van der Waals surface area contributed by atoms with Gasteiger partial charge in [0.2, 0.25) is 0 Å². The van der Waals surface area contributed by atoms with Gasteiger partial charge in [-0.3, -0.25) is 0 Å². The van der Waals surface area contributed by atoms with E-state index < -0.39 is 5.60 Å². The Kier molecular flexibility index (Phi) is 5.46. The Morgan fingerprint density at radius 1 is 1.27 bits per heavy atom. The first-order valence-corrected chi connectivity index (χ1v) is 7.38. The van der Waals surface area contributed by atoms with Crippen molar-refractivity contribution in [1.29, 1.82) is 0 Å². The van der Waals surface area contributed by atoms with Gasteiger partial charge < -0.3 is 20.2 Å². The molecule has 22 heavy (non-hydrogen) atoms. The second-order valence-electron chi connectivity index (χ2n) is 5.20. The highest BCUT2D eigenvalue weighted by molar-refractivity contribution is 6.31. The lowest BCUT2D eigenvalue weighted by Crippen LogP contribution is -2.43. The third-order valence-corrected chi connectivity index (χ3v) is 3.65. The summed E-state index contributed by atoms with van der Waals surface area (Å²) in [6.45, 7) is 2.09. The molecule has 2 rings (SSSR count). The first-order valence-electron chi connectivity index (χ1n) is 7.00. The van der Waals surface area contributed by atoms with Gasteiger partial charge in [0.1, 0.15) is 11.4 Å². The van der Waals surface area contributed by atoms with Gasteiger partial charge in [-0.25, -0.2) is 4.79 Å². The summed E-state index contributed by atoms with van der Waals surface area (Å²) in [5.74, 6) is 0.406. The van der Waals surface area contributed by atoms with E-state index in [2.05, 4.69) is 10.6 Å². The van der Waals surface area contributed by atoms with Crippen molar-refractivity contribution in [3.05, 3.63) is 59.0 Å². The Bertz CT molecular complexity index is 612. The fraction of sp³-hybridized carbons (Fsp3) is 0.312. The molecule has 0 saturated heterocycles. The molecular weight excluding hydrogens is 304 g/mol. The van der Waals surface area contributed by atoms with Crippen molar-refractivity contribution in [2.24, 2.45) is 0 Å². The summed E-state index contributed by atoms with van der Waals surface area (Å²) in [4.78, 5) is 11.7. The lowest BCUT2D eigenvalue weighted by Gasteiger charge is -2.21. The summed E-state index contributed by atoms with van der Waals surface area (Å²) in [6, 6.07) is 10.5. The zero-order chi connectivity index (χ0) is 16.0. The minimum Gasteiger partial charge on any atom is -0.466 e. The summed E-state index contributed by atoms with van der Waals surface area (Å²) in [6.07, 6.45) is 2.12. The lowest BCUT2D eigenvalue weighted by atomic mass is 10.0. The van der Waals surface area contributed by atoms with Crippen molar-refractivity contribution in [3.63, 3.8) is 0 Å². The number of halogens is 1. The molecule has 2 amide bonds. The van der Waals surface area contributed by atoms with Crippen LogP contribution in [0.1, 0.15) is 18.2 Å². The molecule has 6 heteroatoms. The number of rotatable bonds is 6. The van der Waals surface area contributed by atoms with Crippen LogP contribution in [0.4, 0.5) is 4.79 Å². The first kappa shape index (κ1) is 16.4. The largest absolute Gasteiger partial charge is 0.466 e. The molecule has 1 heterocycles. The second kappa shape index (κ2) is 7.33. The average Bonchev–Trinajstić information content (AvgIpc) is 3.02. The van der Waals surface area contributed by atoms with Crippen LogP contribution in [0.2, 0.25) is 5.02 Å². The number of furan rings is 1. The van der Waals surface area contributed by atoms with Crippen molar-refractivity contribution >= 4 is 17.6 Å². The van der Waals surface area contributed by atoms with Gasteiger partial charge in [-0.1, -0.05) is 29.8 Å². The molecule has 0 fully saturated rings. The summed E-state index contributed by atoms with van der Waals surface area (Å²) < 4.78 is 5.15. The summed E-state index contributed by atoms with van der Waals surface area (Å²) >= 11 is 6.05. The maximum absolute atomic E-state index is 11.7. The minimum absolute atomic E-state index is 0.0540. The predicted molar refractivity (Wildman–Crippen MR) is 84.8 cm³/mol. The van der Waals surface area contributed by atoms with Crippen LogP contribution >= 0.6 is 11.6 Å². The molecule has 0 saturated carbocycles. The van der Waals surface area contributed by atoms with Crippen LogP contribution in [-0.2, 0) is 12.0 Å². The van der Waals surface area contributed by atoms with E-state index in [0.717, 1.165) is 5.56 Å². The number of urea groups is 1. The fourth-order valence-corrected chi connectivity index (χ4v) is 2.23. The van der Waals surface area contributed by atoms with E-state index in [4.69, 9.17) is 16.0 Å². The number of benzene rings is 1. The lowest BCUT2D eigenvalue weighted by molar-refractivity contribution is 0.0367. The number of carbonyl (C=O) groups is 1. The maximum Gasteiger partial charge on any atom is 0.314 e. The minimum atomic E-state index is -1.25. The Morgan fingerprint density at radius 2 is 2.05 bits per heavy atom. The molecule has 5 nitrogen and oxygen atoms in total. The fourth-order valence-electron chi connectivity index (χ4n) is 2.00. The molecule has 118 valence electrons. The molecule has 1 atom stereocenters. The number of carbonyl (C=O) groups excluding carboxylic acids is 1. The van der Waals surface area contributed by atoms with Crippen molar-refractivity contribution in [3.8, 4) is 0 Å². The molecule has 0 spiro atoms. The Morgan fingerprint density at radius 3 is 2.73 bits per heavy atom. The van der Waals surface area contributed by atoms with Crippen molar-refractivity contribution < 1.29 is 14.3 Å². The van der Waals surface area contributed by atoms with Gasteiger partial charge >= 0.3 is 6.03 Å². The SMILES string of the molecule is CC(O)(CNC(=O)NCCc1ccccc1Cl)c1ccco1. The topological polar surface area (TPSA) is 74.5 Å². The average molecular weight is 323 g/mol. The molecule has 2 aromatic rings. The van der Waals surface area contributed by atoms with Gasteiger partial charge in [0.15, 0.2) is 0 Å². The van der Waals surface area contributed by atoms with Gasteiger partial charge in [-0.2, -0.15) is 0 Å². The number of hydrogen-bond acceptors (Lipinski definition) is 3.